The van der Waals surface area contributed by atoms with Crippen LogP contribution in [0.25, 0.3) is 0 Å². The highest BCUT2D eigenvalue weighted by molar-refractivity contribution is 5.56. The maximum absolute atomic E-state index is 4.46. The molecule has 1 heterocycles. The van der Waals surface area contributed by atoms with Crippen molar-refractivity contribution in [3.63, 3.8) is 0 Å². The molecule has 0 atom stereocenters. The minimum Gasteiger partial charge on any atom is -0.370 e. The average Bonchev–Trinajstić information content (AvgIpc) is 2.44. The van der Waals surface area contributed by atoms with Crippen molar-refractivity contribution in [2.24, 2.45) is 0 Å². The Kier molecular flexibility index (Phi) is 4.93. The SMILES string of the molecule is CCCCNc1ccnc(Nc2ccc(C)c(C)c2)n1. The summed E-state index contributed by atoms with van der Waals surface area (Å²) in [7, 11) is 0. The average molecular weight is 270 g/mol. The maximum Gasteiger partial charge on any atom is 0.229 e. The fraction of sp³-hybridized carbons (Fsp3) is 0.375. The summed E-state index contributed by atoms with van der Waals surface area (Å²) in [5.74, 6) is 1.48. The number of aryl methyl sites for hydroxylation is 2. The molecule has 0 amide bonds. The van der Waals surface area contributed by atoms with E-state index in [1.807, 2.05) is 12.1 Å². The third-order valence-corrected chi connectivity index (χ3v) is 3.26. The summed E-state index contributed by atoms with van der Waals surface area (Å²) < 4.78 is 0. The lowest BCUT2D eigenvalue weighted by Gasteiger charge is -2.09. The number of hydrogen-bond donors (Lipinski definition) is 2. The van der Waals surface area contributed by atoms with Crippen molar-refractivity contribution < 1.29 is 0 Å². The van der Waals surface area contributed by atoms with Crippen molar-refractivity contribution in [3.05, 3.63) is 41.6 Å². The zero-order valence-corrected chi connectivity index (χ0v) is 12.4. The fourth-order valence-corrected chi connectivity index (χ4v) is 1.86. The number of aromatic nitrogens is 2. The molecule has 0 aliphatic rings. The van der Waals surface area contributed by atoms with Crippen LogP contribution < -0.4 is 10.6 Å². The number of nitrogens with zero attached hydrogens (tertiary/aromatic N) is 2. The number of unbranched alkanes of at least 4 members (excludes halogenated alkanes) is 1. The molecule has 0 radical (unpaired) electrons. The van der Waals surface area contributed by atoms with E-state index in [1.165, 1.54) is 17.5 Å². The van der Waals surface area contributed by atoms with Gasteiger partial charge in [0, 0.05) is 18.4 Å². The number of nitrogens with one attached hydrogen (secondary N) is 2. The van der Waals surface area contributed by atoms with E-state index in [9.17, 15) is 0 Å². The predicted octanol–water partition coefficient (Wildman–Crippen LogP) is 4.05. The first-order valence-electron chi connectivity index (χ1n) is 7.10. The van der Waals surface area contributed by atoms with Crippen molar-refractivity contribution in [2.45, 2.75) is 33.6 Å². The summed E-state index contributed by atoms with van der Waals surface area (Å²) in [6.45, 7) is 7.32. The standard InChI is InChI=1S/C16H22N4/c1-4-5-9-17-15-8-10-18-16(20-15)19-14-7-6-12(2)13(3)11-14/h6-8,10-11H,4-5,9H2,1-3H3,(H2,17,18,19,20). The Morgan fingerprint density at radius 2 is 1.95 bits per heavy atom. The van der Waals surface area contributed by atoms with E-state index in [-0.39, 0.29) is 0 Å². The lowest BCUT2D eigenvalue weighted by molar-refractivity contribution is 0.830. The van der Waals surface area contributed by atoms with E-state index in [0.29, 0.717) is 5.95 Å². The predicted molar refractivity (Wildman–Crippen MR) is 84.6 cm³/mol. The third-order valence-electron chi connectivity index (χ3n) is 3.26. The van der Waals surface area contributed by atoms with Gasteiger partial charge in [-0.2, -0.15) is 4.98 Å². The lowest BCUT2D eigenvalue weighted by Crippen LogP contribution is -2.05. The lowest BCUT2D eigenvalue weighted by atomic mass is 10.1. The van der Waals surface area contributed by atoms with Crippen molar-refractivity contribution in [3.8, 4) is 0 Å². The van der Waals surface area contributed by atoms with Crippen LogP contribution in [-0.4, -0.2) is 16.5 Å². The van der Waals surface area contributed by atoms with Gasteiger partial charge < -0.3 is 10.6 Å². The first kappa shape index (κ1) is 14.3. The summed E-state index contributed by atoms with van der Waals surface area (Å²) in [4.78, 5) is 8.71. The molecule has 2 N–H and O–H groups in total. The molecule has 2 aromatic rings. The Balaban J connectivity index is 2.05. The topological polar surface area (TPSA) is 49.8 Å². The molecule has 1 aromatic heterocycles. The molecule has 1 aromatic carbocycles. The van der Waals surface area contributed by atoms with E-state index in [2.05, 4.69) is 53.5 Å². The van der Waals surface area contributed by atoms with Crippen LogP contribution in [-0.2, 0) is 0 Å². The highest BCUT2D eigenvalue weighted by atomic mass is 15.1. The van der Waals surface area contributed by atoms with E-state index < -0.39 is 0 Å². The normalized spacial score (nSPS) is 10.3. The highest BCUT2D eigenvalue weighted by Crippen LogP contribution is 2.17. The first-order chi connectivity index (χ1) is 9.69. The molecular formula is C16H22N4. The Hall–Kier alpha value is -2.10. The minimum absolute atomic E-state index is 0.620. The summed E-state index contributed by atoms with van der Waals surface area (Å²) >= 11 is 0. The number of rotatable bonds is 6. The molecule has 106 valence electrons. The van der Waals surface area contributed by atoms with Crippen LogP contribution in [0.15, 0.2) is 30.5 Å². The summed E-state index contributed by atoms with van der Waals surface area (Å²) in [5.41, 5.74) is 3.55. The van der Waals surface area contributed by atoms with Crippen LogP contribution in [0.3, 0.4) is 0 Å². The minimum atomic E-state index is 0.620. The molecule has 0 fully saturated rings. The van der Waals surface area contributed by atoms with Gasteiger partial charge in [-0.1, -0.05) is 19.4 Å². The quantitative estimate of drug-likeness (QED) is 0.777. The summed E-state index contributed by atoms with van der Waals surface area (Å²) in [6, 6.07) is 8.14. The van der Waals surface area contributed by atoms with Gasteiger partial charge in [-0.15, -0.1) is 0 Å². The smallest absolute Gasteiger partial charge is 0.229 e. The first-order valence-corrected chi connectivity index (χ1v) is 7.10. The molecule has 0 spiro atoms. The van der Waals surface area contributed by atoms with Gasteiger partial charge in [0.25, 0.3) is 0 Å². The van der Waals surface area contributed by atoms with Gasteiger partial charge in [0.1, 0.15) is 5.82 Å². The molecule has 0 aliphatic heterocycles. The molecule has 4 nitrogen and oxygen atoms in total. The van der Waals surface area contributed by atoms with Gasteiger partial charge in [0.2, 0.25) is 5.95 Å². The summed E-state index contributed by atoms with van der Waals surface area (Å²) in [5, 5.41) is 6.54. The third kappa shape index (κ3) is 3.95. The van der Waals surface area contributed by atoms with Crippen LogP contribution in [0.4, 0.5) is 17.5 Å². The fourth-order valence-electron chi connectivity index (χ4n) is 1.86. The molecule has 0 saturated carbocycles. The second-order valence-electron chi connectivity index (χ2n) is 4.97. The van der Waals surface area contributed by atoms with Gasteiger partial charge in [-0.05, 0) is 49.6 Å². The molecule has 0 aliphatic carbocycles. The Morgan fingerprint density at radius 3 is 2.70 bits per heavy atom. The van der Waals surface area contributed by atoms with Crippen molar-refractivity contribution in [1.82, 2.24) is 9.97 Å². The number of anilines is 3. The zero-order valence-electron chi connectivity index (χ0n) is 12.4. The van der Waals surface area contributed by atoms with Gasteiger partial charge in [-0.3, -0.25) is 0 Å². The van der Waals surface area contributed by atoms with Crippen molar-refractivity contribution >= 4 is 17.5 Å². The van der Waals surface area contributed by atoms with Gasteiger partial charge in [0.15, 0.2) is 0 Å². The Morgan fingerprint density at radius 1 is 1.10 bits per heavy atom. The zero-order chi connectivity index (χ0) is 14.4. The Bertz CT molecular complexity index is 566. The number of hydrogen-bond acceptors (Lipinski definition) is 4. The molecular weight excluding hydrogens is 248 g/mol. The maximum atomic E-state index is 4.46. The monoisotopic (exact) mass is 270 g/mol. The van der Waals surface area contributed by atoms with E-state index >= 15 is 0 Å². The van der Waals surface area contributed by atoms with E-state index in [1.54, 1.807) is 6.20 Å². The molecule has 20 heavy (non-hydrogen) atoms. The second kappa shape index (κ2) is 6.89. The second-order valence-corrected chi connectivity index (χ2v) is 4.97. The van der Waals surface area contributed by atoms with E-state index in [0.717, 1.165) is 24.5 Å². The highest BCUT2D eigenvalue weighted by Gasteiger charge is 2.01. The van der Waals surface area contributed by atoms with Gasteiger partial charge in [0.05, 0.1) is 0 Å². The molecule has 0 bridgehead atoms. The number of benzene rings is 1. The summed E-state index contributed by atoms with van der Waals surface area (Å²) in [6.07, 6.45) is 4.08. The molecule has 0 saturated heterocycles. The molecule has 0 unspecified atom stereocenters. The molecule has 2 rings (SSSR count). The van der Waals surface area contributed by atoms with E-state index in [4.69, 9.17) is 0 Å². The Labute approximate surface area is 120 Å². The van der Waals surface area contributed by atoms with Crippen LogP contribution in [0.5, 0.6) is 0 Å². The molecule has 4 heteroatoms. The van der Waals surface area contributed by atoms with Gasteiger partial charge >= 0.3 is 0 Å². The van der Waals surface area contributed by atoms with Crippen LogP contribution in [0.1, 0.15) is 30.9 Å². The van der Waals surface area contributed by atoms with Crippen molar-refractivity contribution in [1.29, 1.82) is 0 Å². The van der Waals surface area contributed by atoms with Crippen LogP contribution >= 0.6 is 0 Å². The largest absolute Gasteiger partial charge is 0.370 e. The van der Waals surface area contributed by atoms with Crippen LogP contribution in [0.2, 0.25) is 0 Å². The van der Waals surface area contributed by atoms with Crippen LogP contribution in [0, 0.1) is 13.8 Å². The van der Waals surface area contributed by atoms with Gasteiger partial charge in [-0.25, -0.2) is 4.98 Å². The van der Waals surface area contributed by atoms with Crippen molar-refractivity contribution in [2.75, 3.05) is 17.2 Å².